The van der Waals surface area contributed by atoms with Crippen molar-refractivity contribution in [2.45, 2.75) is 59.3 Å². The quantitative estimate of drug-likeness (QED) is 0.171. The van der Waals surface area contributed by atoms with Crippen LogP contribution in [0.3, 0.4) is 0 Å². The van der Waals surface area contributed by atoms with Crippen LogP contribution in [-0.2, 0) is 13.6 Å². The first-order valence-corrected chi connectivity index (χ1v) is 10.1. The van der Waals surface area contributed by atoms with Gasteiger partial charge >= 0.3 is 7.60 Å². The van der Waals surface area contributed by atoms with E-state index in [2.05, 4.69) is 13.0 Å². The van der Waals surface area contributed by atoms with Crippen molar-refractivity contribution >= 4 is 19.2 Å². The second kappa shape index (κ2) is 13.6. The molecule has 0 atom stereocenters. The van der Waals surface area contributed by atoms with Crippen molar-refractivity contribution in [2.24, 2.45) is 0 Å². The predicted octanol–water partition coefficient (Wildman–Crippen LogP) is 6.29. The van der Waals surface area contributed by atoms with Gasteiger partial charge in [0.05, 0.1) is 13.2 Å². The lowest BCUT2D eigenvalue weighted by Gasteiger charge is -2.14. The standard InChI is InChI=1S/C16H30ClO3P/c1-4-7-9-12-16(13-10-8-11-14-17)15-21(18,19-5-2)20-6-3/h10,13,15H,4-9,11-12,14H2,1-3H3/b13-10+,16-15+. The van der Waals surface area contributed by atoms with Gasteiger partial charge in [-0.2, -0.15) is 0 Å². The van der Waals surface area contributed by atoms with E-state index in [0.29, 0.717) is 19.1 Å². The minimum Gasteiger partial charge on any atom is -0.306 e. The maximum absolute atomic E-state index is 12.6. The third-order valence-corrected chi connectivity index (χ3v) is 5.00. The second-order valence-electron chi connectivity index (χ2n) is 4.77. The fourth-order valence-electron chi connectivity index (χ4n) is 1.87. The van der Waals surface area contributed by atoms with E-state index in [1.807, 2.05) is 19.9 Å². The molecular formula is C16H30ClO3P. The van der Waals surface area contributed by atoms with Crippen molar-refractivity contribution < 1.29 is 13.6 Å². The van der Waals surface area contributed by atoms with Gasteiger partial charge in [-0.1, -0.05) is 31.9 Å². The maximum Gasteiger partial charge on any atom is 0.354 e. The number of alkyl halides is 1. The van der Waals surface area contributed by atoms with E-state index in [1.165, 1.54) is 6.42 Å². The molecule has 0 spiro atoms. The zero-order valence-corrected chi connectivity index (χ0v) is 15.3. The number of rotatable bonds is 13. The van der Waals surface area contributed by atoms with Crippen molar-refractivity contribution in [3.63, 3.8) is 0 Å². The summed E-state index contributed by atoms with van der Waals surface area (Å²) in [5.74, 6) is 2.35. The number of unbranched alkanes of at least 4 members (excludes halogenated alkanes) is 3. The van der Waals surface area contributed by atoms with Gasteiger partial charge in [-0.05, 0) is 45.1 Å². The Morgan fingerprint density at radius 3 is 2.29 bits per heavy atom. The van der Waals surface area contributed by atoms with Crippen molar-refractivity contribution in [1.29, 1.82) is 0 Å². The van der Waals surface area contributed by atoms with Crippen LogP contribution in [0, 0.1) is 0 Å². The van der Waals surface area contributed by atoms with Crippen molar-refractivity contribution in [2.75, 3.05) is 19.1 Å². The first-order valence-electron chi connectivity index (χ1n) is 7.94. The molecule has 0 aromatic carbocycles. The van der Waals surface area contributed by atoms with Gasteiger partial charge in [0.15, 0.2) is 0 Å². The van der Waals surface area contributed by atoms with Crippen molar-refractivity contribution in [3.05, 3.63) is 23.5 Å². The summed E-state index contributed by atoms with van der Waals surface area (Å²) in [5.41, 5.74) is 1.03. The van der Waals surface area contributed by atoms with Crippen LogP contribution in [0.1, 0.15) is 59.3 Å². The summed E-state index contributed by atoms with van der Waals surface area (Å²) in [6.45, 7) is 6.59. The average Bonchev–Trinajstić information content (AvgIpc) is 2.44. The molecule has 5 heteroatoms. The molecule has 0 radical (unpaired) electrons. The van der Waals surface area contributed by atoms with Gasteiger partial charge in [0, 0.05) is 11.7 Å². The van der Waals surface area contributed by atoms with Crippen molar-refractivity contribution in [3.8, 4) is 0 Å². The Kier molecular flexibility index (Phi) is 13.5. The Bertz CT molecular complexity index is 343. The van der Waals surface area contributed by atoms with Crippen LogP contribution in [0.15, 0.2) is 23.5 Å². The number of halogens is 1. The Morgan fingerprint density at radius 2 is 1.76 bits per heavy atom. The molecule has 0 heterocycles. The molecule has 3 nitrogen and oxygen atoms in total. The molecule has 0 aliphatic heterocycles. The largest absolute Gasteiger partial charge is 0.354 e. The van der Waals surface area contributed by atoms with Gasteiger partial charge < -0.3 is 9.05 Å². The molecule has 0 saturated heterocycles. The van der Waals surface area contributed by atoms with Gasteiger partial charge in [-0.25, -0.2) is 0 Å². The van der Waals surface area contributed by atoms with Crippen LogP contribution in [0.25, 0.3) is 0 Å². The normalized spacial score (nSPS) is 13.2. The van der Waals surface area contributed by atoms with Crippen LogP contribution in [0.2, 0.25) is 0 Å². The maximum atomic E-state index is 12.6. The van der Waals surface area contributed by atoms with E-state index in [4.69, 9.17) is 20.6 Å². The van der Waals surface area contributed by atoms with E-state index >= 15 is 0 Å². The molecule has 0 fully saturated rings. The molecule has 0 aromatic heterocycles. The molecule has 0 amide bonds. The van der Waals surface area contributed by atoms with Crippen LogP contribution >= 0.6 is 19.2 Å². The van der Waals surface area contributed by atoms with Crippen LogP contribution in [0.5, 0.6) is 0 Å². The second-order valence-corrected chi connectivity index (χ2v) is 7.00. The summed E-state index contributed by atoms with van der Waals surface area (Å²) < 4.78 is 23.2. The lowest BCUT2D eigenvalue weighted by molar-refractivity contribution is 0.228. The molecule has 0 rings (SSSR count). The van der Waals surface area contributed by atoms with Crippen molar-refractivity contribution in [1.82, 2.24) is 0 Å². The third-order valence-electron chi connectivity index (χ3n) is 2.85. The zero-order chi connectivity index (χ0) is 16.0. The summed E-state index contributed by atoms with van der Waals surface area (Å²) in [4.78, 5) is 0. The smallest absolute Gasteiger partial charge is 0.306 e. The van der Waals surface area contributed by atoms with Gasteiger partial charge in [0.25, 0.3) is 0 Å². The molecule has 0 aromatic rings. The lowest BCUT2D eigenvalue weighted by Crippen LogP contribution is -1.94. The fraction of sp³-hybridized carbons (Fsp3) is 0.750. The van der Waals surface area contributed by atoms with E-state index in [9.17, 15) is 4.57 Å². The average molecular weight is 337 g/mol. The molecule has 0 N–H and O–H groups in total. The predicted molar refractivity (Wildman–Crippen MR) is 92.2 cm³/mol. The molecule has 0 bridgehead atoms. The molecule has 0 unspecified atom stereocenters. The number of hydrogen-bond donors (Lipinski definition) is 0. The molecule has 0 saturated carbocycles. The highest BCUT2D eigenvalue weighted by molar-refractivity contribution is 7.57. The third kappa shape index (κ3) is 11.2. The number of allylic oxidation sites excluding steroid dienone is 3. The Labute approximate surface area is 135 Å². The topological polar surface area (TPSA) is 35.5 Å². The van der Waals surface area contributed by atoms with Gasteiger partial charge in [-0.15, -0.1) is 11.6 Å². The van der Waals surface area contributed by atoms with E-state index in [1.54, 1.807) is 5.82 Å². The van der Waals surface area contributed by atoms with Gasteiger partial charge in [0.1, 0.15) is 0 Å². The summed E-state index contributed by atoms with van der Waals surface area (Å²) in [5, 5.41) is 0. The highest BCUT2D eigenvalue weighted by Gasteiger charge is 2.20. The fourth-order valence-corrected chi connectivity index (χ4v) is 3.59. The monoisotopic (exact) mass is 336 g/mol. The zero-order valence-electron chi connectivity index (χ0n) is 13.6. The summed E-state index contributed by atoms with van der Waals surface area (Å²) in [6.07, 6.45) is 10.3. The lowest BCUT2D eigenvalue weighted by atomic mass is 10.1. The molecule has 0 aliphatic carbocycles. The Morgan fingerprint density at radius 1 is 1.10 bits per heavy atom. The van der Waals surface area contributed by atoms with E-state index in [0.717, 1.165) is 37.7 Å². The highest BCUT2D eigenvalue weighted by atomic mass is 35.5. The molecular weight excluding hydrogens is 307 g/mol. The minimum atomic E-state index is -3.12. The summed E-state index contributed by atoms with van der Waals surface area (Å²) >= 11 is 5.68. The first kappa shape index (κ1) is 20.9. The van der Waals surface area contributed by atoms with Gasteiger partial charge in [0.2, 0.25) is 0 Å². The first-order chi connectivity index (χ1) is 10.1. The molecule has 21 heavy (non-hydrogen) atoms. The molecule has 124 valence electrons. The van der Waals surface area contributed by atoms with Crippen LogP contribution < -0.4 is 0 Å². The number of hydrogen-bond acceptors (Lipinski definition) is 3. The summed E-state index contributed by atoms with van der Waals surface area (Å²) in [6, 6.07) is 0. The Balaban J connectivity index is 4.89. The summed E-state index contributed by atoms with van der Waals surface area (Å²) in [7, 11) is -3.12. The van der Waals surface area contributed by atoms with E-state index in [-0.39, 0.29) is 0 Å². The van der Waals surface area contributed by atoms with Crippen LogP contribution in [-0.4, -0.2) is 19.1 Å². The minimum absolute atomic E-state index is 0.381. The molecule has 0 aliphatic rings. The Hall–Kier alpha value is -0.0800. The van der Waals surface area contributed by atoms with Gasteiger partial charge in [-0.3, -0.25) is 4.57 Å². The highest BCUT2D eigenvalue weighted by Crippen LogP contribution is 2.51. The van der Waals surface area contributed by atoms with E-state index < -0.39 is 7.60 Å². The SMILES string of the molecule is CCCCCC(/C=C/CCCCl)=C\P(=O)(OCC)OCC. The van der Waals surface area contributed by atoms with Crippen LogP contribution in [0.4, 0.5) is 0 Å².